The number of aliphatic hydroxyl groups is 2. The molecule has 3 aliphatic carbocycles. The first-order valence-electron chi connectivity index (χ1n) is 12.4. The van der Waals surface area contributed by atoms with E-state index < -0.39 is 58.3 Å². The Morgan fingerprint density at radius 3 is 2.47 bits per heavy atom. The van der Waals surface area contributed by atoms with Crippen LogP contribution in [0.4, 0.5) is 0 Å². The minimum atomic E-state index is -1.17. The maximum absolute atomic E-state index is 13.6. The van der Waals surface area contributed by atoms with Crippen molar-refractivity contribution < 1.29 is 39.2 Å². The summed E-state index contributed by atoms with van der Waals surface area (Å²) in [7, 11) is 0. The fraction of sp³-hybridized carbons (Fsp3) is 0.310. The number of carbonyl (C=O) groups excluding carboxylic acids is 4. The highest BCUT2D eigenvalue weighted by Gasteiger charge is 2.51. The van der Waals surface area contributed by atoms with Crippen molar-refractivity contribution in [3.05, 3.63) is 70.0 Å². The minimum Gasteiger partial charge on any atom is -0.511 e. The lowest BCUT2D eigenvalue weighted by Gasteiger charge is -2.41. The summed E-state index contributed by atoms with van der Waals surface area (Å²) in [5.74, 6) is -6.29. The lowest BCUT2D eigenvalue weighted by atomic mass is 9.61. The number of benzene rings is 2. The lowest BCUT2D eigenvalue weighted by molar-refractivity contribution is -0.127. The zero-order valence-electron chi connectivity index (χ0n) is 20.9. The molecule has 0 spiro atoms. The van der Waals surface area contributed by atoms with Gasteiger partial charge in [-0.05, 0) is 73.4 Å². The molecule has 1 saturated carbocycles. The maximum Gasteiger partial charge on any atom is 0.338 e. The molecule has 0 heterocycles. The number of carbonyl (C=O) groups is 4. The van der Waals surface area contributed by atoms with Crippen LogP contribution in [-0.4, -0.2) is 44.9 Å². The monoisotopic (exact) mass is 517 g/mol. The average molecular weight is 518 g/mol. The van der Waals surface area contributed by atoms with Crippen LogP contribution in [0.5, 0.6) is 5.75 Å². The zero-order chi connectivity index (χ0) is 27.5. The molecule has 2 aromatic rings. The molecular formula is C29H27NO8. The third-order valence-corrected chi connectivity index (χ3v) is 7.52. The predicted molar refractivity (Wildman–Crippen MR) is 136 cm³/mol. The second-order valence-electron chi connectivity index (χ2n) is 10.3. The fourth-order valence-corrected chi connectivity index (χ4v) is 6.01. The van der Waals surface area contributed by atoms with Crippen molar-refractivity contribution >= 4 is 29.2 Å². The van der Waals surface area contributed by atoms with E-state index in [1.165, 1.54) is 6.07 Å². The van der Waals surface area contributed by atoms with E-state index in [1.54, 1.807) is 44.2 Å². The SMILES string of the molecule is CC(C)OC(=O)c1cccc(-c2ccc(O)c3c2C[C@H]2C[C@H]4CC(=O)C(C(N)=O)=C(O)C4C(=O)C2=C3O)c1. The van der Waals surface area contributed by atoms with E-state index in [4.69, 9.17) is 10.5 Å². The molecule has 5 rings (SSSR count). The van der Waals surface area contributed by atoms with E-state index >= 15 is 0 Å². The highest BCUT2D eigenvalue weighted by molar-refractivity contribution is 6.21. The number of hydrogen-bond donors (Lipinski definition) is 4. The number of fused-ring (bicyclic) bond motifs is 3. The largest absolute Gasteiger partial charge is 0.511 e. The number of nitrogens with two attached hydrogens (primary N) is 1. The molecule has 9 nitrogen and oxygen atoms in total. The number of aromatic hydroxyl groups is 1. The number of aliphatic hydroxyl groups excluding tert-OH is 2. The Kier molecular flexibility index (Phi) is 6.09. The van der Waals surface area contributed by atoms with Gasteiger partial charge in [-0.1, -0.05) is 18.2 Å². The number of Topliss-reactive ketones (excluding diaryl/α,β-unsaturated/α-hetero) is 2. The number of ether oxygens (including phenoxy) is 1. The Morgan fingerprint density at radius 2 is 1.79 bits per heavy atom. The van der Waals surface area contributed by atoms with Gasteiger partial charge in [0.1, 0.15) is 22.8 Å². The summed E-state index contributed by atoms with van der Waals surface area (Å²) in [6.45, 7) is 3.51. The normalized spacial score (nSPS) is 22.7. The minimum absolute atomic E-state index is 0.0465. The van der Waals surface area contributed by atoms with Crippen molar-refractivity contribution in [2.75, 3.05) is 0 Å². The van der Waals surface area contributed by atoms with Crippen LogP contribution in [0.15, 0.2) is 53.3 Å². The third-order valence-electron chi connectivity index (χ3n) is 7.52. The summed E-state index contributed by atoms with van der Waals surface area (Å²) >= 11 is 0. The van der Waals surface area contributed by atoms with Crippen molar-refractivity contribution in [3.8, 4) is 16.9 Å². The molecule has 3 aliphatic rings. The zero-order valence-corrected chi connectivity index (χ0v) is 20.9. The summed E-state index contributed by atoms with van der Waals surface area (Å²) in [6.07, 6.45) is 0.159. The van der Waals surface area contributed by atoms with E-state index in [1.807, 2.05) is 0 Å². The molecule has 0 bridgehead atoms. The Morgan fingerprint density at radius 1 is 1.05 bits per heavy atom. The van der Waals surface area contributed by atoms with E-state index in [9.17, 15) is 34.5 Å². The maximum atomic E-state index is 13.6. The Balaban J connectivity index is 1.61. The van der Waals surface area contributed by atoms with Crippen molar-refractivity contribution in [2.45, 2.75) is 39.2 Å². The van der Waals surface area contributed by atoms with E-state index in [0.717, 1.165) is 0 Å². The molecule has 9 heteroatoms. The van der Waals surface area contributed by atoms with Gasteiger partial charge in [0.2, 0.25) is 0 Å². The molecule has 1 amide bonds. The summed E-state index contributed by atoms with van der Waals surface area (Å²) in [5, 5.41) is 32.7. The molecule has 38 heavy (non-hydrogen) atoms. The molecule has 5 N–H and O–H groups in total. The second-order valence-corrected chi connectivity index (χ2v) is 10.3. The van der Waals surface area contributed by atoms with Gasteiger partial charge in [0.15, 0.2) is 11.6 Å². The summed E-state index contributed by atoms with van der Waals surface area (Å²) in [4.78, 5) is 50.3. The Hall–Kier alpha value is -4.40. The molecule has 3 atom stereocenters. The number of allylic oxidation sites excluding steroid dienone is 2. The summed E-state index contributed by atoms with van der Waals surface area (Å²) in [5.41, 5.74) is 7.11. The van der Waals surface area contributed by atoms with Gasteiger partial charge in [0.25, 0.3) is 5.91 Å². The van der Waals surface area contributed by atoms with Gasteiger partial charge in [-0.2, -0.15) is 0 Å². The van der Waals surface area contributed by atoms with Crippen molar-refractivity contribution in [2.24, 2.45) is 23.5 Å². The summed E-state index contributed by atoms with van der Waals surface area (Å²) in [6, 6.07) is 9.90. The van der Waals surface area contributed by atoms with Crippen LogP contribution in [0.1, 0.15) is 48.2 Å². The molecule has 0 radical (unpaired) electrons. The molecule has 1 unspecified atom stereocenters. The highest BCUT2D eigenvalue weighted by atomic mass is 16.5. The van der Waals surface area contributed by atoms with Crippen LogP contribution in [0.3, 0.4) is 0 Å². The van der Waals surface area contributed by atoms with E-state index in [-0.39, 0.29) is 35.8 Å². The number of amides is 1. The van der Waals surface area contributed by atoms with Crippen LogP contribution in [0, 0.1) is 17.8 Å². The van der Waals surface area contributed by atoms with Crippen molar-refractivity contribution in [1.82, 2.24) is 0 Å². The van der Waals surface area contributed by atoms with Crippen LogP contribution in [0.25, 0.3) is 16.9 Å². The van der Waals surface area contributed by atoms with Gasteiger partial charge in [-0.25, -0.2) is 4.79 Å². The number of ketones is 2. The second kappa shape index (κ2) is 9.16. The highest BCUT2D eigenvalue weighted by Crippen LogP contribution is 2.51. The van der Waals surface area contributed by atoms with Crippen LogP contribution < -0.4 is 5.73 Å². The number of primary amides is 1. The van der Waals surface area contributed by atoms with Crippen molar-refractivity contribution in [3.63, 3.8) is 0 Å². The van der Waals surface area contributed by atoms with Gasteiger partial charge in [0.05, 0.1) is 23.1 Å². The van der Waals surface area contributed by atoms with E-state index in [0.29, 0.717) is 28.7 Å². The molecule has 0 aliphatic heterocycles. The number of hydrogen-bond acceptors (Lipinski definition) is 8. The smallest absolute Gasteiger partial charge is 0.338 e. The Bertz CT molecular complexity index is 1480. The molecule has 0 saturated heterocycles. The van der Waals surface area contributed by atoms with Crippen molar-refractivity contribution in [1.29, 1.82) is 0 Å². The third kappa shape index (κ3) is 3.95. The number of phenolic OH excluding ortho intramolecular Hbond substituents is 1. The predicted octanol–water partition coefficient (Wildman–Crippen LogP) is 3.54. The fourth-order valence-electron chi connectivity index (χ4n) is 6.01. The van der Waals surface area contributed by atoms with Gasteiger partial charge in [0, 0.05) is 12.0 Å². The standard InChI is InChI=1S/C29H27NO8/c1-12(2)38-29(37)14-5-3-4-13(8-14)17-6-7-19(31)23-18(17)10-15-9-16-11-20(32)24(28(30)36)27(35)22(16)25(33)21(15)26(23)34/h3-8,12,15-16,22,31,34-35H,9-11H2,1-2H3,(H2,30,36)/t15-,16+,22?/m1/s1. The number of phenols is 1. The average Bonchev–Trinajstić information content (AvgIpc) is 2.83. The van der Waals surface area contributed by atoms with Gasteiger partial charge in [-0.3, -0.25) is 14.4 Å². The molecule has 1 fully saturated rings. The lowest BCUT2D eigenvalue weighted by Crippen LogP contribution is -2.44. The first-order chi connectivity index (χ1) is 18.0. The van der Waals surface area contributed by atoms with Gasteiger partial charge >= 0.3 is 5.97 Å². The first-order valence-corrected chi connectivity index (χ1v) is 12.4. The number of rotatable bonds is 4. The van der Waals surface area contributed by atoms with Gasteiger partial charge in [-0.15, -0.1) is 0 Å². The molecule has 2 aromatic carbocycles. The quantitative estimate of drug-likeness (QED) is 0.353. The van der Waals surface area contributed by atoms with Crippen LogP contribution >= 0.6 is 0 Å². The van der Waals surface area contributed by atoms with E-state index in [2.05, 4.69) is 0 Å². The molecular weight excluding hydrogens is 490 g/mol. The topological polar surface area (TPSA) is 164 Å². The van der Waals surface area contributed by atoms with Crippen LogP contribution in [0.2, 0.25) is 0 Å². The summed E-state index contributed by atoms with van der Waals surface area (Å²) < 4.78 is 5.30. The van der Waals surface area contributed by atoms with Crippen LogP contribution in [-0.2, 0) is 25.5 Å². The number of esters is 1. The van der Waals surface area contributed by atoms with Gasteiger partial charge < -0.3 is 25.8 Å². The first kappa shape index (κ1) is 25.3. The molecule has 196 valence electrons. The Labute approximate surface area is 218 Å². The molecule has 0 aromatic heterocycles.